The van der Waals surface area contributed by atoms with E-state index in [2.05, 4.69) is 27.4 Å². The maximum Gasteiger partial charge on any atom is 0.307 e. The van der Waals surface area contributed by atoms with E-state index in [1.165, 1.54) is 24.8 Å². The van der Waals surface area contributed by atoms with Crippen molar-refractivity contribution in [1.29, 1.82) is 0 Å². The SMILES string of the molecule is O=C(O)CC1CC(c2ccc(-c3noc(CCC4(c5ccc(Cl)cc5)CCCCC4)n3)cc2)=NO1. The highest BCUT2D eigenvalue weighted by Gasteiger charge is 2.34. The number of carboxylic acids is 1. The van der Waals surface area contributed by atoms with E-state index >= 15 is 0 Å². The molecule has 1 atom stereocenters. The van der Waals surface area contributed by atoms with E-state index in [0.29, 0.717) is 18.1 Å². The minimum atomic E-state index is -0.891. The van der Waals surface area contributed by atoms with Crippen molar-refractivity contribution in [2.75, 3.05) is 0 Å². The van der Waals surface area contributed by atoms with Crippen LogP contribution in [0.4, 0.5) is 0 Å². The van der Waals surface area contributed by atoms with E-state index in [1.807, 2.05) is 36.4 Å². The van der Waals surface area contributed by atoms with Crippen LogP contribution < -0.4 is 0 Å². The summed E-state index contributed by atoms with van der Waals surface area (Å²) in [5.74, 6) is 0.314. The third-order valence-corrected chi connectivity index (χ3v) is 7.42. The molecule has 7 nitrogen and oxygen atoms in total. The van der Waals surface area contributed by atoms with Gasteiger partial charge < -0.3 is 14.5 Å². The minimum Gasteiger partial charge on any atom is -0.481 e. The molecule has 8 heteroatoms. The van der Waals surface area contributed by atoms with Crippen molar-refractivity contribution in [3.63, 3.8) is 0 Å². The van der Waals surface area contributed by atoms with Gasteiger partial charge in [-0.3, -0.25) is 4.79 Å². The lowest BCUT2D eigenvalue weighted by atomic mass is 9.67. The first-order chi connectivity index (χ1) is 17.0. The fraction of sp³-hybridized carbons (Fsp3) is 0.407. The van der Waals surface area contributed by atoms with Gasteiger partial charge in [0, 0.05) is 23.4 Å². The van der Waals surface area contributed by atoms with E-state index in [-0.39, 0.29) is 11.8 Å². The van der Waals surface area contributed by atoms with Crippen LogP contribution in [0.25, 0.3) is 11.4 Å². The molecule has 0 radical (unpaired) electrons. The lowest BCUT2D eigenvalue weighted by molar-refractivity contribution is -0.139. The number of aromatic nitrogens is 2. The fourth-order valence-corrected chi connectivity index (χ4v) is 5.38. The Kier molecular flexibility index (Phi) is 6.86. The Labute approximate surface area is 209 Å². The summed E-state index contributed by atoms with van der Waals surface area (Å²) < 4.78 is 5.61. The molecule has 5 rings (SSSR count). The number of nitrogens with zero attached hydrogens (tertiary/aromatic N) is 3. The van der Waals surface area contributed by atoms with Crippen LogP contribution in [0.1, 0.15) is 68.4 Å². The molecule has 0 saturated heterocycles. The quantitative estimate of drug-likeness (QED) is 0.401. The number of rotatable bonds is 8. The van der Waals surface area contributed by atoms with Crippen LogP contribution in [0.2, 0.25) is 5.02 Å². The highest BCUT2D eigenvalue weighted by molar-refractivity contribution is 6.30. The summed E-state index contributed by atoms with van der Waals surface area (Å²) in [6.07, 6.45) is 7.78. The van der Waals surface area contributed by atoms with E-state index in [0.717, 1.165) is 47.5 Å². The van der Waals surface area contributed by atoms with Crippen molar-refractivity contribution in [1.82, 2.24) is 10.1 Å². The molecule has 182 valence electrons. The molecule has 0 amide bonds. The van der Waals surface area contributed by atoms with Crippen LogP contribution in [0, 0.1) is 0 Å². The number of oxime groups is 1. The predicted molar refractivity (Wildman–Crippen MR) is 133 cm³/mol. The van der Waals surface area contributed by atoms with Gasteiger partial charge in [-0.15, -0.1) is 0 Å². The van der Waals surface area contributed by atoms with Crippen molar-refractivity contribution < 1.29 is 19.3 Å². The lowest BCUT2D eigenvalue weighted by Crippen LogP contribution is -2.29. The van der Waals surface area contributed by atoms with Gasteiger partial charge in [0.2, 0.25) is 11.7 Å². The second kappa shape index (κ2) is 10.2. The average molecular weight is 494 g/mol. The zero-order valence-electron chi connectivity index (χ0n) is 19.5. The molecular formula is C27H28ClN3O4. The molecule has 3 aromatic rings. The highest BCUT2D eigenvalue weighted by Crippen LogP contribution is 2.43. The van der Waals surface area contributed by atoms with Crippen LogP contribution in [0.15, 0.2) is 58.2 Å². The molecule has 2 aromatic carbocycles. The van der Waals surface area contributed by atoms with Crippen molar-refractivity contribution in [3.05, 3.63) is 70.6 Å². The zero-order valence-corrected chi connectivity index (χ0v) is 20.2. The molecular weight excluding hydrogens is 466 g/mol. The summed E-state index contributed by atoms with van der Waals surface area (Å²) in [6.45, 7) is 0. The van der Waals surface area contributed by atoms with Crippen molar-refractivity contribution in [2.45, 2.75) is 69.3 Å². The maximum atomic E-state index is 10.9. The van der Waals surface area contributed by atoms with Gasteiger partial charge in [0.1, 0.15) is 6.10 Å². The van der Waals surface area contributed by atoms with Crippen molar-refractivity contribution >= 4 is 23.3 Å². The number of aryl methyl sites for hydroxylation is 1. The Bertz CT molecular complexity index is 1200. The number of benzene rings is 2. The van der Waals surface area contributed by atoms with Gasteiger partial charge in [-0.05, 0) is 47.9 Å². The van der Waals surface area contributed by atoms with Gasteiger partial charge in [0.15, 0.2) is 0 Å². The van der Waals surface area contributed by atoms with E-state index in [1.54, 1.807) is 0 Å². The van der Waals surface area contributed by atoms with Crippen LogP contribution in [-0.4, -0.2) is 33.0 Å². The Morgan fingerprint density at radius 3 is 2.46 bits per heavy atom. The topological polar surface area (TPSA) is 97.8 Å². The average Bonchev–Trinajstić information content (AvgIpc) is 3.53. The predicted octanol–water partition coefficient (Wildman–Crippen LogP) is 6.19. The van der Waals surface area contributed by atoms with Crippen LogP contribution in [-0.2, 0) is 21.5 Å². The minimum absolute atomic E-state index is 0.0595. The first-order valence-electron chi connectivity index (χ1n) is 12.1. The molecule has 2 aliphatic rings. The van der Waals surface area contributed by atoms with Gasteiger partial charge in [-0.1, -0.05) is 77.6 Å². The Morgan fingerprint density at radius 2 is 1.74 bits per heavy atom. The molecule has 0 spiro atoms. The normalized spacial score (nSPS) is 19.2. The van der Waals surface area contributed by atoms with Crippen molar-refractivity contribution in [3.8, 4) is 11.4 Å². The second-order valence-electron chi connectivity index (χ2n) is 9.50. The van der Waals surface area contributed by atoms with Crippen LogP contribution in [0.3, 0.4) is 0 Å². The Hall–Kier alpha value is -3.19. The van der Waals surface area contributed by atoms with Gasteiger partial charge in [-0.2, -0.15) is 4.98 Å². The summed E-state index contributed by atoms with van der Waals surface area (Å²) in [6, 6.07) is 16.0. The molecule has 1 aromatic heterocycles. The van der Waals surface area contributed by atoms with Gasteiger partial charge in [0.25, 0.3) is 0 Å². The largest absolute Gasteiger partial charge is 0.481 e. The van der Waals surface area contributed by atoms with E-state index in [4.69, 9.17) is 26.1 Å². The Balaban J connectivity index is 1.24. The van der Waals surface area contributed by atoms with Crippen LogP contribution >= 0.6 is 11.6 Å². The first kappa shape index (κ1) is 23.5. The number of hydrogen-bond donors (Lipinski definition) is 1. The van der Waals surface area contributed by atoms with Gasteiger partial charge >= 0.3 is 5.97 Å². The summed E-state index contributed by atoms with van der Waals surface area (Å²) in [5, 5.41) is 17.9. The molecule has 35 heavy (non-hydrogen) atoms. The monoisotopic (exact) mass is 493 g/mol. The molecule has 1 aliphatic heterocycles. The zero-order chi connectivity index (χ0) is 24.3. The van der Waals surface area contributed by atoms with Gasteiger partial charge in [-0.25, -0.2) is 0 Å². The Morgan fingerprint density at radius 1 is 1.03 bits per heavy atom. The summed E-state index contributed by atoms with van der Waals surface area (Å²) in [5.41, 5.74) is 3.97. The molecule has 2 heterocycles. The standard InChI is InChI=1S/C27H28ClN3O4/c28-21-10-8-20(9-11-21)27(13-2-1-3-14-27)15-12-24-29-26(31-35-24)19-6-4-18(5-7-19)23-16-22(34-30-23)17-25(32)33/h4-11,22H,1-3,12-17H2,(H,32,33). The van der Waals surface area contributed by atoms with Crippen molar-refractivity contribution in [2.24, 2.45) is 5.16 Å². The smallest absolute Gasteiger partial charge is 0.307 e. The number of halogens is 1. The molecule has 1 fully saturated rings. The molecule has 1 aliphatic carbocycles. The molecule has 1 saturated carbocycles. The number of aliphatic carboxylic acids is 1. The van der Waals surface area contributed by atoms with Crippen LogP contribution in [0.5, 0.6) is 0 Å². The number of carboxylic acid groups (broad SMARTS) is 1. The highest BCUT2D eigenvalue weighted by atomic mass is 35.5. The van der Waals surface area contributed by atoms with E-state index in [9.17, 15) is 4.79 Å². The molecule has 0 bridgehead atoms. The maximum absolute atomic E-state index is 10.9. The van der Waals surface area contributed by atoms with Gasteiger partial charge in [0.05, 0.1) is 12.1 Å². The fourth-order valence-electron chi connectivity index (χ4n) is 5.25. The lowest BCUT2D eigenvalue weighted by Gasteiger charge is -2.38. The van der Waals surface area contributed by atoms with E-state index < -0.39 is 12.1 Å². The number of hydrogen-bond acceptors (Lipinski definition) is 6. The second-order valence-corrected chi connectivity index (χ2v) is 9.94. The summed E-state index contributed by atoms with van der Waals surface area (Å²) >= 11 is 6.13. The summed E-state index contributed by atoms with van der Waals surface area (Å²) in [4.78, 5) is 20.8. The first-order valence-corrected chi connectivity index (χ1v) is 12.5. The third-order valence-electron chi connectivity index (χ3n) is 7.16. The number of carbonyl (C=O) groups is 1. The third kappa shape index (κ3) is 5.40. The molecule has 1 unspecified atom stereocenters. The molecule has 1 N–H and O–H groups in total. The summed E-state index contributed by atoms with van der Waals surface area (Å²) in [7, 11) is 0.